The number of ether oxygens (including phenoxy) is 1. The quantitative estimate of drug-likeness (QED) is 0.698. The molecule has 0 aliphatic rings. The largest absolute Gasteiger partial charge is 0.478 e. The van der Waals surface area contributed by atoms with Gasteiger partial charge in [0.15, 0.2) is 0 Å². The van der Waals surface area contributed by atoms with Crippen molar-refractivity contribution in [2.24, 2.45) is 0 Å². The molecule has 3 rings (SSSR count). The van der Waals surface area contributed by atoms with Crippen LogP contribution in [0.15, 0.2) is 78.9 Å². The molecule has 0 unspecified atom stereocenters. The maximum atomic E-state index is 10.8. The Hall–Kier alpha value is -3.07. The van der Waals surface area contributed by atoms with E-state index >= 15 is 0 Å². The van der Waals surface area contributed by atoms with Gasteiger partial charge in [0.25, 0.3) is 0 Å². The van der Waals surface area contributed by atoms with E-state index in [-0.39, 0.29) is 5.56 Å². The summed E-state index contributed by atoms with van der Waals surface area (Å²) in [4.78, 5) is 10.8. The van der Waals surface area contributed by atoms with Gasteiger partial charge in [0.2, 0.25) is 0 Å². The molecule has 0 saturated heterocycles. The number of aromatic carboxylic acids is 1. The van der Waals surface area contributed by atoms with Crippen molar-refractivity contribution < 1.29 is 14.6 Å². The predicted molar refractivity (Wildman–Crippen MR) is 93.8 cm³/mol. The van der Waals surface area contributed by atoms with Gasteiger partial charge in [0, 0.05) is 0 Å². The number of carbonyl (C=O) groups is 1. The van der Waals surface area contributed by atoms with Gasteiger partial charge in [-0.15, -0.1) is 0 Å². The highest BCUT2D eigenvalue weighted by Crippen LogP contribution is 2.22. The zero-order chi connectivity index (χ0) is 16.8. The van der Waals surface area contributed by atoms with Gasteiger partial charge in [-0.2, -0.15) is 0 Å². The van der Waals surface area contributed by atoms with Crippen molar-refractivity contribution >= 4 is 5.97 Å². The minimum absolute atomic E-state index is 0.249. The highest BCUT2D eigenvalue weighted by molar-refractivity contribution is 5.87. The van der Waals surface area contributed by atoms with Gasteiger partial charge in [-0.3, -0.25) is 0 Å². The summed E-state index contributed by atoms with van der Waals surface area (Å²) in [5, 5.41) is 8.89. The first-order valence-corrected chi connectivity index (χ1v) is 7.85. The lowest BCUT2D eigenvalue weighted by molar-refractivity contribution is 0.0697. The number of hydrogen-bond acceptors (Lipinski definition) is 2. The molecule has 0 bridgehead atoms. The van der Waals surface area contributed by atoms with E-state index in [1.54, 1.807) is 12.1 Å². The highest BCUT2D eigenvalue weighted by Gasteiger charge is 2.03. The van der Waals surface area contributed by atoms with Crippen molar-refractivity contribution in [3.05, 3.63) is 95.6 Å². The molecule has 120 valence electrons. The normalized spacial score (nSPS) is 10.3. The van der Waals surface area contributed by atoms with Crippen LogP contribution >= 0.6 is 0 Å². The Morgan fingerprint density at radius 1 is 0.708 bits per heavy atom. The Morgan fingerprint density at radius 2 is 1.21 bits per heavy atom. The first-order valence-electron chi connectivity index (χ1n) is 7.85. The predicted octanol–water partition coefficient (Wildman–Crippen LogP) is 4.96. The van der Waals surface area contributed by atoms with Gasteiger partial charge >= 0.3 is 5.97 Å². The van der Waals surface area contributed by atoms with Crippen molar-refractivity contribution in [1.82, 2.24) is 0 Å². The third kappa shape index (κ3) is 4.23. The Kier molecular flexibility index (Phi) is 4.92. The molecule has 0 saturated carbocycles. The number of carboxylic acid groups (broad SMARTS) is 1. The molecule has 0 spiro atoms. The van der Waals surface area contributed by atoms with Gasteiger partial charge in [0.05, 0.1) is 5.56 Å². The number of carboxylic acids is 1. The molecule has 3 aromatic rings. The van der Waals surface area contributed by atoms with E-state index in [0.29, 0.717) is 5.75 Å². The second kappa shape index (κ2) is 7.47. The fraction of sp³-hybridized carbons (Fsp3) is 0.0952. The topological polar surface area (TPSA) is 46.5 Å². The molecule has 1 N–H and O–H groups in total. The molecule has 0 aliphatic heterocycles. The first kappa shape index (κ1) is 15.8. The number of hydrogen-bond donors (Lipinski definition) is 1. The zero-order valence-corrected chi connectivity index (χ0v) is 13.2. The van der Waals surface area contributed by atoms with Crippen LogP contribution in [0.4, 0.5) is 0 Å². The van der Waals surface area contributed by atoms with Gasteiger partial charge in [-0.25, -0.2) is 4.79 Å². The summed E-state index contributed by atoms with van der Waals surface area (Å²) in [6, 6.07) is 24.8. The second-order valence-corrected chi connectivity index (χ2v) is 5.56. The van der Waals surface area contributed by atoms with Crippen LogP contribution in [-0.4, -0.2) is 11.1 Å². The lowest BCUT2D eigenvalue weighted by Crippen LogP contribution is -1.95. The van der Waals surface area contributed by atoms with E-state index in [1.807, 2.05) is 18.2 Å². The summed E-state index contributed by atoms with van der Waals surface area (Å²) in [5.41, 5.74) is 2.84. The second-order valence-electron chi connectivity index (χ2n) is 5.56. The maximum absolute atomic E-state index is 10.8. The van der Waals surface area contributed by atoms with E-state index in [0.717, 1.165) is 18.6 Å². The van der Waals surface area contributed by atoms with E-state index in [4.69, 9.17) is 9.84 Å². The molecule has 0 radical (unpaired) electrons. The van der Waals surface area contributed by atoms with Crippen LogP contribution in [0, 0.1) is 0 Å². The average molecular weight is 318 g/mol. The van der Waals surface area contributed by atoms with Gasteiger partial charge < -0.3 is 9.84 Å². The first-order chi connectivity index (χ1) is 11.7. The molecule has 0 aliphatic carbocycles. The van der Waals surface area contributed by atoms with Crippen LogP contribution in [0.3, 0.4) is 0 Å². The van der Waals surface area contributed by atoms with Crippen molar-refractivity contribution in [3.8, 4) is 11.5 Å². The van der Waals surface area contributed by atoms with Crippen LogP contribution in [0.1, 0.15) is 21.5 Å². The average Bonchev–Trinajstić information content (AvgIpc) is 2.62. The highest BCUT2D eigenvalue weighted by atomic mass is 16.5. The molecule has 0 amide bonds. The fourth-order valence-electron chi connectivity index (χ4n) is 2.46. The number of rotatable bonds is 6. The number of benzene rings is 3. The SMILES string of the molecule is O=C(O)c1ccc(Oc2ccc(CCc3ccccc3)cc2)cc1. The fourth-order valence-corrected chi connectivity index (χ4v) is 2.46. The van der Waals surface area contributed by atoms with Crippen molar-refractivity contribution in [2.75, 3.05) is 0 Å². The van der Waals surface area contributed by atoms with Crippen LogP contribution in [0.5, 0.6) is 11.5 Å². The molecule has 0 aromatic heterocycles. The summed E-state index contributed by atoms with van der Waals surface area (Å²) >= 11 is 0. The van der Waals surface area contributed by atoms with Crippen LogP contribution in [-0.2, 0) is 12.8 Å². The third-order valence-electron chi connectivity index (χ3n) is 3.81. The molecular formula is C21H18O3. The van der Waals surface area contributed by atoms with Gasteiger partial charge in [0.1, 0.15) is 11.5 Å². The Balaban J connectivity index is 1.59. The molecule has 3 aromatic carbocycles. The summed E-state index contributed by atoms with van der Waals surface area (Å²) < 4.78 is 5.74. The Labute approximate surface area is 141 Å². The van der Waals surface area contributed by atoms with Crippen molar-refractivity contribution in [1.29, 1.82) is 0 Å². The number of aryl methyl sites for hydroxylation is 2. The third-order valence-corrected chi connectivity index (χ3v) is 3.81. The molecule has 24 heavy (non-hydrogen) atoms. The standard InChI is InChI=1S/C21H18O3/c22-21(23)18-10-14-20(15-11-18)24-19-12-8-17(9-13-19)7-6-16-4-2-1-3-5-16/h1-5,8-15H,6-7H2,(H,22,23). The van der Waals surface area contributed by atoms with Crippen molar-refractivity contribution in [3.63, 3.8) is 0 Å². The minimum atomic E-state index is -0.940. The zero-order valence-electron chi connectivity index (χ0n) is 13.2. The molecule has 0 atom stereocenters. The monoisotopic (exact) mass is 318 g/mol. The summed E-state index contributed by atoms with van der Waals surface area (Å²) in [5.74, 6) is 0.419. The van der Waals surface area contributed by atoms with Crippen molar-refractivity contribution in [2.45, 2.75) is 12.8 Å². The van der Waals surface area contributed by atoms with E-state index < -0.39 is 5.97 Å². The maximum Gasteiger partial charge on any atom is 0.335 e. The summed E-state index contributed by atoms with van der Waals surface area (Å²) in [6.07, 6.45) is 2.00. The molecule has 0 heterocycles. The molecular weight excluding hydrogens is 300 g/mol. The Bertz CT molecular complexity index is 791. The van der Waals surface area contributed by atoms with E-state index in [1.165, 1.54) is 23.3 Å². The van der Waals surface area contributed by atoms with Gasteiger partial charge in [-0.1, -0.05) is 42.5 Å². The van der Waals surface area contributed by atoms with E-state index in [2.05, 4.69) is 36.4 Å². The molecule has 0 fully saturated rings. The lowest BCUT2D eigenvalue weighted by atomic mass is 10.0. The van der Waals surface area contributed by atoms with Gasteiger partial charge in [-0.05, 0) is 60.4 Å². The lowest BCUT2D eigenvalue weighted by Gasteiger charge is -2.07. The van der Waals surface area contributed by atoms with Crippen LogP contribution < -0.4 is 4.74 Å². The summed E-state index contributed by atoms with van der Waals surface area (Å²) in [6.45, 7) is 0. The molecule has 3 heteroatoms. The minimum Gasteiger partial charge on any atom is -0.478 e. The van der Waals surface area contributed by atoms with Crippen LogP contribution in [0.25, 0.3) is 0 Å². The molecule has 3 nitrogen and oxygen atoms in total. The van der Waals surface area contributed by atoms with E-state index in [9.17, 15) is 4.79 Å². The summed E-state index contributed by atoms with van der Waals surface area (Å²) in [7, 11) is 0. The van der Waals surface area contributed by atoms with Crippen LogP contribution in [0.2, 0.25) is 0 Å². The Morgan fingerprint density at radius 3 is 1.75 bits per heavy atom. The smallest absolute Gasteiger partial charge is 0.335 e.